The van der Waals surface area contributed by atoms with Crippen LogP contribution < -0.4 is 4.74 Å². The van der Waals surface area contributed by atoms with Gasteiger partial charge in [0.25, 0.3) is 0 Å². The zero-order valence-electron chi connectivity index (χ0n) is 26.6. The molecule has 3 fully saturated rings. The number of allylic oxidation sites excluding steroid dienone is 2. The van der Waals surface area contributed by atoms with E-state index in [0.717, 1.165) is 63.5 Å². The minimum Gasteiger partial charge on any atom is -0.494 e. The van der Waals surface area contributed by atoms with Gasteiger partial charge in [-0.05, 0) is 130 Å². The summed E-state index contributed by atoms with van der Waals surface area (Å²) in [5.74, 6) is 3.50. The van der Waals surface area contributed by atoms with Crippen molar-refractivity contribution in [2.75, 3.05) is 13.2 Å². The van der Waals surface area contributed by atoms with Gasteiger partial charge in [0.05, 0.1) is 18.8 Å². The van der Waals surface area contributed by atoms with E-state index in [0.29, 0.717) is 55.5 Å². The third-order valence-corrected chi connectivity index (χ3v) is 12.2. The van der Waals surface area contributed by atoms with Crippen LogP contribution in [0.2, 0.25) is 0 Å². The van der Waals surface area contributed by atoms with Crippen molar-refractivity contribution in [3.8, 4) is 5.75 Å². The largest absolute Gasteiger partial charge is 0.494 e. The Kier molecular flexibility index (Phi) is 9.57. The van der Waals surface area contributed by atoms with E-state index in [1.807, 2.05) is 13.0 Å². The lowest BCUT2D eigenvalue weighted by Crippen LogP contribution is -2.55. The van der Waals surface area contributed by atoms with Gasteiger partial charge in [-0.1, -0.05) is 44.1 Å². The zero-order chi connectivity index (χ0) is 30.0. The summed E-state index contributed by atoms with van der Waals surface area (Å²) in [5, 5.41) is 11.5. The molecule has 0 saturated heterocycles. The van der Waals surface area contributed by atoms with E-state index in [2.05, 4.69) is 45.0 Å². The Morgan fingerprint density at radius 1 is 1.02 bits per heavy atom. The highest BCUT2D eigenvalue weighted by Gasteiger charge is 2.63. The van der Waals surface area contributed by atoms with Crippen molar-refractivity contribution in [3.63, 3.8) is 0 Å². The summed E-state index contributed by atoms with van der Waals surface area (Å²) in [5.41, 5.74) is 2.32. The number of aryl methyl sites for hydroxylation is 1. The molecule has 0 heterocycles. The van der Waals surface area contributed by atoms with Crippen LogP contribution in [0.1, 0.15) is 117 Å². The summed E-state index contributed by atoms with van der Waals surface area (Å²) < 4.78 is 11.0. The highest BCUT2D eigenvalue weighted by atomic mass is 16.5. The number of rotatable bonds is 12. The van der Waals surface area contributed by atoms with Gasteiger partial charge in [-0.25, -0.2) is 0 Å². The molecule has 232 valence electrons. The first-order chi connectivity index (χ1) is 20.1. The Bertz CT molecular complexity index is 1150. The molecule has 1 N–H and O–H groups in total. The van der Waals surface area contributed by atoms with Gasteiger partial charge in [-0.15, -0.1) is 0 Å². The minimum atomic E-state index is -0.575. The number of benzene rings is 1. The molecule has 7 atom stereocenters. The Labute approximate surface area is 253 Å². The van der Waals surface area contributed by atoms with Crippen LogP contribution in [0, 0.1) is 34.5 Å². The average Bonchev–Trinajstić information content (AvgIpc) is 3.20. The summed E-state index contributed by atoms with van der Waals surface area (Å²) in [4.78, 5) is 24.0. The molecule has 0 spiro atoms. The van der Waals surface area contributed by atoms with Gasteiger partial charge in [0, 0.05) is 19.3 Å². The van der Waals surface area contributed by atoms with Crippen LogP contribution in [-0.4, -0.2) is 35.7 Å². The Morgan fingerprint density at radius 2 is 1.83 bits per heavy atom. The molecule has 0 aromatic heterocycles. The maximum atomic E-state index is 12.5. The van der Waals surface area contributed by atoms with Gasteiger partial charge in [-0.3, -0.25) is 9.59 Å². The number of ketones is 1. The van der Waals surface area contributed by atoms with E-state index < -0.39 is 5.60 Å². The quantitative estimate of drug-likeness (QED) is 0.154. The lowest BCUT2D eigenvalue weighted by atomic mass is 9.45. The van der Waals surface area contributed by atoms with Gasteiger partial charge in [0.2, 0.25) is 0 Å². The average molecular weight is 579 g/mol. The number of hydrogen-bond acceptors (Lipinski definition) is 5. The van der Waals surface area contributed by atoms with E-state index >= 15 is 0 Å². The fourth-order valence-electron chi connectivity index (χ4n) is 9.46. The fraction of sp³-hybridized carbons (Fsp3) is 0.730. The Morgan fingerprint density at radius 3 is 2.64 bits per heavy atom. The number of carbonyl (C=O) groups is 2. The molecule has 4 aliphatic carbocycles. The number of ether oxygens (including phenoxy) is 2. The van der Waals surface area contributed by atoms with Crippen LogP contribution in [0.4, 0.5) is 0 Å². The summed E-state index contributed by atoms with van der Waals surface area (Å²) >= 11 is 0. The van der Waals surface area contributed by atoms with Crippen molar-refractivity contribution in [1.29, 1.82) is 0 Å². The van der Waals surface area contributed by atoms with E-state index in [4.69, 9.17) is 9.47 Å². The van der Waals surface area contributed by atoms with Crippen molar-refractivity contribution in [2.24, 2.45) is 34.5 Å². The smallest absolute Gasteiger partial charge is 0.305 e. The molecule has 42 heavy (non-hydrogen) atoms. The molecule has 0 amide bonds. The number of aliphatic hydroxyl groups is 1. The van der Waals surface area contributed by atoms with Crippen molar-refractivity contribution in [3.05, 3.63) is 41.5 Å². The lowest BCUT2D eigenvalue weighted by Gasteiger charge is -2.60. The van der Waals surface area contributed by atoms with Crippen LogP contribution in [0.3, 0.4) is 0 Å². The lowest BCUT2D eigenvalue weighted by molar-refractivity contribution is -0.143. The molecule has 3 saturated carbocycles. The zero-order valence-corrected chi connectivity index (χ0v) is 26.6. The molecule has 5 nitrogen and oxygen atoms in total. The number of hydrogen-bond donors (Lipinski definition) is 1. The van der Waals surface area contributed by atoms with Gasteiger partial charge in [0.15, 0.2) is 0 Å². The highest BCUT2D eigenvalue weighted by Crippen LogP contribution is 2.68. The molecule has 1 aromatic carbocycles. The standard InChI is InChI=1S/C37H54O5/c1-5-41-33(39)15-8-9-22-42-30-14-10-12-26(23-30)11-6-7-13-27-24-28-25-29(38)16-19-35(28,2)31-17-20-36(3)32(34(27)31)18-21-37(36,4)40/h10,12,14,23-24,27,31-32,34,40H,5-9,11,13,15-22,25H2,1-4H3/t27-,31?,32?,34?,35+,36+,37+/m1/s1. The van der Waals surface area contributed by atoms with Crippen molar-refractivity contribution >= 4 is 11.8 Å². The molecule has 0 aliphatic heterocycles. The van der Waals surface area contributed by atoms with E-state index in [9.17, 15) is 14.7 Å². The van der Waals surface area contributed by atoms with Crippen LogP contribution in [0.25, 0.3) is 0 Å². The summed E-state index contributed by atoms with van der Waals surface area (Å²) in [6, 6.07) is 8.45. The molecule has 0 radical (unpaired) electrons. The van der Waals surface area contributed by atoms with Crippen molar-refractivity contribution in [1.82, 2.24) is 0 Å². The second-order valence-corrected chi connectivity index (χ2v) is 14.6. The molecule has 1 aromatic rings. The van der Waals surface area contributed by atoms with Crippen molar-refractivity contribution < 1.29 is 24.2 Å². The second kappa shape index (κ2) is 12.8. The number of unbranched alkanes of at least 4 members (excludes halogenated alkanes) is 2. The highest BCUT2D eigenvalue weighted by molar-refractivity contribution is 5.82. The Balaban J connectivity index is 1.19. The van der Waals surface area contributed by atoms with Gasteiger partial charge in [-0.2, -0.15) is 0 Å². The molecular formula is C37H54O5. The van der Waals surface area contributed by atoms with Crippen molar-refractivity contribution in [2.45, 2.75) is 123 Å². The molecule has 3 unspecified atom stereocenters. The molecule has 5 rings (SSSR count). The maximum Gasteiger partial charge on any atom is 0.305 e. The number of esters is 1. The SMILES string of the molecule is CCOC(=O)CCCCOc1cccc(CCCC[C@@H]2C=C3CC(=O)CC[C@]3(C)C3CC[C@@]4(C)C(CC[C@]4(C)O)C32)c1. The van der Waals surface area contributed by atoms with Crippen LogP contribution >= 0.6 is 0 Å². The predicted octanol–water partition coefficient (Wildman–Crippen LogP) is 8.02. The predicted molar refractivity (Wildman–Crippen MR) is 166 cm³/mol. The van der Waals surface area contributed by atoms with Crippen LogP contribution in [0.15, 0.2) is 35.9 Å². The number of Topliss-reactive ketones (excluding diaryl/α,β-unsaturated/α-hetero) is 1. The third kappa shape index (κ3) is 6.23. The number of fused-ring (bicyclic) bond motifs is 5. The fourth-order valence-corrected chi connectivity index (χ4v) is 9.46. The summed E-state index contributed by atoms with van der Waals surface area (Å²) in [6.45, 7) is 9.80. The first-order valence-electron chi connectivity index (χ1n) is 16.9. The van der Waals surface area contributed by atoms with E-state index in [1.54, 1.807) is 0 Å². The molecule has 0 bridgehead atoms. The van der Waals surface area contributed by atoms with Gasteiger partial charge >= 0.3 is 5.97 Å². The monoisotopic (exact) mass is 578 g/mol. The topological polar surface area (TPSA) is 72.8 Å². The first-order valence-corrected chi connectivity index (χ1v) is 16.9. The number of carbonyl (C=O) groups excluding carboxylic acids is 2. The van der Waals surface area contributed by atoms with E-state index in [-0.39, 0.29) is 16.8 Å². The Hall–Kier alpha value is -2.14. The maximum absolute atomic E-state index is 12.5. The van der Waals surface area contributed by atoms with E-state index in [1.165, 1.54) is 30.4 Å². The normalized spacial score (nSPS) is 35.5. The first kappa shape index (κ1) is 31.3. The van der Waals surface area contributed by atoms with Gasteiger partial charge in [0.1, 0.15) is 11.5 Å². The second-order valence-electron chi connectivity index (χ2n) is 14.6. The van der Waals surface area contributed by atoms with Crippen LogP contribution in [-0.2, 0) is 20.7 Å². The molecule has 5 heteroatoms. The third-order valence-electron chi connectivity index (χ3n) is 12.2. The molecule has 4 aliphatic rings. The summed E-state index contributed by atoms with van der Waals surface area (Å²) in [7, 11) is 0. The van der Waals surface area contributed by atoms with Gasteiger partial charge < -0.3 is 14.6 Å². The summed E-state index contributed by atoms with van der Waals surface area (Å²) in [6.07, 6.45) is 15.9. The van der Waals surface area contributed by atoms with Crippen LogP contribution in [0.5, 0.6) is 5.75 Å². The molecular weight excluding hydrogens is 524 g/mol. The minimum absolute atomic E-state index is 0.00212.